The van der Waals surface area contributed by atoms with Crippen LogP contribution in [-0.2, 0) is 6.54 Å². The van der Waals surface area contributed by atoms with Crippen molar-refractivity contribution in [3.05, 3.63) is 82.1 Å². The molecule has 0 fully saturated rings. The van der Waals surface area contributed by atoms with Gasteiger partial charge in [-0.3, -0.25) is 4.79 Å². The first-order chi connectivity index (χ1) is 12.5. The summed E-state index contributed by atoms with van der Waals surface area (Å²) in [5, 5.41) is 6.66. The lowest BCUT2D eigenvalue weighted by atomic mass is 10.2. The number of hydrogen-bond donors (Lipinski definition) is 2. The van der Waals surface area contributed by atoms with E-state index in [1.165, 1.54) is 5.56 Å². The van der Waals surface area contributed by atoms with E-state index >= 15 is 0 Å². The van der Waals surface area contributed by atoms with Gasteiger partial charge in [0.1, 0.15) is 5.69 Å². The Morgan fingerprint density at radius 3 is 2.38 bits per heavy atom. The standard InChI is InChI=1S/C20H19ClN4O/c1-13-3-9-17(10-4-13)24-20-23-14(2)11-18(25-20)19(26)22-12-15-5-7-16(21)8-6-15/h3-11H,12H2,1-2H3,(H,22,26)(H,23,24,25). The van der Waals surface area contributed by atoms with Gasteiger partial charge in [-0.25, -0.2) is 9.97 Å². The summed E-state index contributed by atoms with van der Waals surface area (Å²) in [6.45, 7) is 4.26. The SMILES string of the molecule is Cc1ccc(Nc2nc(C)cc(C(=O)NCc3ccc(Cl)cc3)n2)cc1. The van der Waals surface area contributed by atoms with E-state index in [1.54, 1.807) is 18.2 Å². The molecule has 0 atom stereocenters. The van der Waals surface area contributed by atoms with Gasteiger partial charge in [0.05, 0.1) is 0 Å². The van der Waals surface area contributed by atoms with Crippen LogP contribution in [0, 0.1) is 13.8 Å². The molecule has 0 aliphatic heterocycles. The molecule has 1 heterocycles. The molecule has 26 heavy (non-hydrogen) atoms. The summed E-state index contributed by atoms with van der Waals surface area (Å²) < 4.78 is 0. The van der Waals surface area contributed by atoms with E-state index in [4.69, 9.17) is 11.6 Å². The van der Waals surface area contributed by atoms with Crippen LogP contribution in [0.15, 0.2) is 54.6 Å². The van der Waals surface area contributed by atoms with E-state index < -0.39 is 0 Å². The molecule has 3 rings (SSSR count). The fraction of sp³-hybridized carbons (Fsp3) is 0.150. The molecule has 0 spiro atoms. The summed E-state index contributed by atoms with van der Waals surface area (Å²) in [6, 6.07) is 16.9. The predicted molar refractivity (Wildman–Crippen MR) is 104 cm³/mol. The third kappa shape index (κ3) is 4.80. The van der Waals surface area contributed by atoms with E-state index in [-0.39, 0.29) is 5.91 Å². The van der Waals surface area contributed by atoms with Gasteiger partial charge in [0, 0.05) is 22.9 Å². The van der Waals surface area contributed by atoms with Crippen LogP contribution in [0.2, 0.25) is 5.02 Å². The largest absolute Gasteiger partial charge is 0.347 e. The second-order valence-corrected chi connectivity index (χ2v) is 6.45. The number of benzene rings is 2. The van der Waals surface area contributed by atoms with E-state index in [1.807, 2.05) is 50.2 Å². The number of rotatable bonds is 5. The van der Waals surface area contributed by atoms with Gasteiger partial charge in [0.25, 0.3) is 5.91 Å². The highest BCUT2D eigenvalue weighted by Gasteiger charge is 2.11. The second kappa shape index (κ2) is 7.97. The highest BCUT2D eigenvalue weighted by atomic mass is 35.5. The minimum absolute atomic E-state index is 0.252. The van der Waals surface area contributed by atoms with Gasteiger partial charge in [-0.05, 0) is 49.7 Å². The van der Waals surface area contributed by atoms with E-state index in [0.717, 1.165) is 11.3 Å². The maximum atomic E-state index is 12.4. The molecule has 2 aromatic carbocycles. The van der Waals surface area contributed by atoms with Gasteiger partial charge in [0.2, 0.25) is 5.95 Å². The summed E-state index contributed by atoms with van der Waals surface area (Å²) >= 11 is 5.87. The molecule has 1 amide bonds. The van der Waals surface area contributed by atoms with Gasteiger partial charge in [-0.2, -0.15) is 0 Å². The van der Waals surface area contributed by atoms with Crippen molar-refractivity contribution in [2.75, 3.05) is 5.32 Å². The minimum atomic E-state index is -0.252. The lowest BCUT2D eigenvalue weighted by Gasteiger charge is -2.09. The molecule has 132 valence electrons. The Morgan fingerprint density at radius 1 is 1.00 bits per heavy atom. The number of amides is 1. The molecule has 0 radical (unpaired) electrons. The fourth-order valence-corrected chi connectivity index (χ4v) is 2.51. The molecule has 2 N–H and O–H groups in total. The lowest BCUT2D eigenvalue weighted by Crippen LogP contribution is -2.24. The molecule has 0 bridgehead atoms. The summed E-state index contributed by atoms with van der Waals surface area (Å²) in [7, 11) is 0. The number of halogens is 1. The number of nitrogens with one attached hydrogen (secondary N) is 2. The van der Waals surface area contributed by atoms with E-state index in [9.17, 15) is 4.79 Å². The topological polar surface area (TPSA) is 66.9 Å². The van der Waals surface area contributed by atoms with E-state index in [2.05, 4.69) is 20.6 Å². The van der Waals surface area contributed by atoms with Crippen LogP contribution in [-0.4, -0.2) is 15.9 Å². The van der Waals surface area contributed by atoms with Crippen molar-refractivity contribution in [1.82, 2.24) is 15.3 Å². The third-order valence-electron chi connectivity index (χ3n) is 3.76. The van der Waals surface area contributed by atoms with Crippen molar-refractivity contribution >= 4 is 29.1 Å². The lowest BCUT2D eigenvalue weighted by molar-refractivity contribution is 0.0945. The van der Waals surface area contributed by atoms with Crippen LogP contribution >= 0.6 is 11.6 Å². The summed E-state index contributed by atoms with van der Waals surface area (Å²) in [5.41, 5.74) is 4.04. The normalized spacial score (nSPS) is 10.4. The zero-order valence-corrected chi connectivity index (χ0v) is 15.3. The Bertz CT molecular complexity index is 908. The molecule has 0 aliphatic carbocycles. The van der Waals surface area contributed by atoms with Crippen LogP contribution in [0.5, 0.6) is 0 Å². The third-order valence-corrected chi connectivity index (χ3v) is 4.01. The van der Waals surface area contributed by atoms with Crippen molar-refractivity contribution in [2.24, 2.45) is 0 Å². The van der Waals surface area contributed by atoms with Gasteiger partial charge in [-0.1, -0.05) is 41.4 Å². The summed E-state index contributed by atoms with van der Waals surface area (Å²) in [4.78, 5) is 21.1. The molecular weight excluding hydrogens is 348 g/mol. The Morgan fingerprint density at radius 2 is 1.69 bits per heavy atom. The number of anilines is 2. The highest BCUT2D eigenvalue weighted by Crippen LogP contribution is 2.15. The molecular formula is C20H19ClN4O. The van der Waals surface area contributed by atoms with Crippen molar-refractivity contribution in [2.45, 2.75) is 20.4 Å². The zero-order valence-electron chi connectivity index (χ0n) is 14.6. The second-order valence-electron chi connectivity index (χ2n) is 6.02. The van der Waals surface area contributed by atoms with Crippen molar-refractivity contribution in [3.63, 3.8) is 0 Å². The van der Waals surface area contributed by atoms with Crippen LogP contribution in [0.25, 0.3) is 0 Å². The van der Waals surface area contributed by atoms with Crippen molar-refractivity contribution in [3.8, 4) is 0 Å². The van der Waals surface area contributed by atoms with Crippen LogP contribution < -0.4 is 10.6 Å². The average Bonchev–Trinajstić information content (AvgIpc) is 2.62. The van der Waals surface area contributed by atoms with Crippen LogP contribution in [0.1, 0.15) is 27.3 Å². The quantitative estimate of drug-likeness (QED) is 0.701. The monoisotopic (exact) mass is 366 g/mol. The first-order valence-corrected chi connectivity index (χ1v) is 8.59. The molecule has 0 saturated heterocycles. The van der Waals surface area contributed by atoms with Crippen molar-refractivity contribution < 1.29 is 4.79 Å². The molecule has 1 aromatic heterocycles. The summed E-state index contributed by atoms with van der Waals surface area (Å²) in [5.74, 6) is 0.142. The molecule has 5 nitrogen and oxygen atoms in total. The van der Waals surface area contributed by atoms with Crippen LogP contribution in [0.3, 0.4) is 0 Å². The predicted octanol–water partition coefficient (Wildman–Crippen LogP) is 4.42. The number of aromatic nitrogens is 2. The first-order valence-electron chi connectivity index (χ1n) is 8.21. The maximum absolute atomic E-state index is 12.4. The number of carbonyl (C=O) groups is 1. The van der Waals surface area contributed by atoms with Gasteiger partial charge in [-0.15, -0.1) is 0 Å². The number of hydrogen-bond acceptors (Lipinski definition) is 4. The smallest absolute Gasteiger partial charge is 0.270 e. The minimum Gasteiger partial charge on any atom is -0.347 e. The number of nitrogens with zero attached hydrogens (tertiary/aromatic N) is 2. The number of carbonyl (C=O) groups excluding carboxylic acids is 1. The van der Waals surface area contributed by atoms with Crippen molar-refractivity contribution in [1.29, 1.82) is 0 Å². The molecule has 0 aliphatic rings. The van der Waals surface area contributed by atoms with Crippen LogP contribution in [0.4, 0.5) is 11.6 Å². The Hall–Kier alpha value is -2.92. The molecule has 0 saturated carbocycles. The van der Waals surface area contributed by atoms with E-state index in [0.29, 0.717) is 28.9 Å². The first kappa shape index (κ1) is 17.9. The van der Waals surface area contributed by atoms with Gasteiger partial charge in [0.15, 0.2) is 0 Å². The zero-order chi connectivity index (χ0) is 18.5. The maximum Gasteiger partial charge on any atom is 0.270 e. The number of aryl methyl sites for hydroxylation is 2. The Kier molecular flexibility index (Phi) is 5.49. The highest BCUT2D eigenvalue weighted by molar-refractivity contribution is 6.30. The molecule has 0 unspecified atom stereocenters. The molecule has 6 heteroatoms. The Balaban J connectivity index is 1.70. The molecule has 3 aromatic rings. The van der Waals surface area contributed by atoms with Gasteiger partial charge < -0.3 is 10.6 Å². The Labute approximate surface area is 157 Å². The average molecular weight is 367 g/mol. The fourth-order valence-electron chi connectivity index (χ4n) is 2.38. The summed E-state index contributed by atoms with van der Waals surface area (Å²) in [6.07, 6.45) is 0. The van der Waals surface area contributed by atoms with Gasteiger partial charge >= 0.3 is 0 Å².